The van der Waals surface area contributed by atoms with Gasteiger partial charge in [-0.05, 0) is 24.3 Å². The molecule has 0 spiro atoms. The molecule has 1 amide bonds. The van der Waals surface area contributed by atoms with E-state index in [1.54, 1.807) is 41.2 Å². The molecule has 0 aliphatic heterocycles. The Balaban J connectivity index is 1.55. The Bertz CT molecular complexity index is 960. The molecule has 0 unspecified atom stereocenters. The summed E-state index contributed by atoms with van der Waals surface area (Å²) in [5.74, 6) is 0.716. The minimum atomic E-state index is -0.664. The Morgan fingerprint density at radius 3 is 2.63 bits per heavy atom. The van der Waals surface area contributed by atoms with Crippen molar-refractivity contribution in [3.8, 4) is 0 Å². The fourth-order valence-electron chi connectivity index (χ4n) is 2.29. The Hall–Kier alpha value is -2.77. The fraction of sp³-hybridized carbons (Fsp3) is 0.167. The Morgan fingerprint density at radius 2 is 1.96 bits per heavy atom. The lowest BCUT2D eigenvalue weighted by Gasteiger charge is -2.08. The molecule has 3 rings (SSSR count). The normalized spacial score (nSPS) is 10.6. The van der Waals surface area contributed by atoms with Crippen molar-refractivity contribution in [3.05, 3.63) is 69.9 Å². The van der Waals surface area contributed by atoms with Gasteiger partial charge in [0, 0.05) is 28.7 Å². The van der Waals surface area contributed by atoms with Crippen LogP contribution < -0.4 is 5.32 Å². The summed E-state index contributed by atoms with van der Waals surface area (Å²) < 4.78 is 12.1. The number of ether oxygens (including phenoxy) is 1. The minimum Gasteiger partial charge on any atom is -0.456 e. The molecule has 9 heteroatoms. The van der Waals surface area contributed by atoms with Crippen molar-refractivity contribution in [1.29, 1.82) is 0 Å². The predicted octanol–water partition coefficient (Wildman–Crippen LogP) is 4.78. The Labute approximate surface area is 164 Å². The number of rotatable bonds is 6. The van der Waals surface area contributed by atoms with Crippen molar-refractivity contribution < 1.29 is 18.7 Å². The van der Waals surface area contributed by atoms with Crippen LogP contribution in [0.5, 0.6) is 0 Å². The number of Topliss-reactive ketones (excluding diaryl/α,β-unsaturated/α-hetero) is 1. The first kappa shape index (κ1) is 19.0. The summed E-state index contributed by atoms with van der Waals surface area (Å²) in [5.41, 5.74) is 0.981. The van der Waals surface area contributed by atoms with Gasteiger partial charge in [-0.3, -0.25) is 14.8 Å². The van der Waals surface area contributed by atoms with E-state index in [0.717, 1.165) is 0 Å². The molecule has 0 aliphatic rings. The molecule has 0 bridgehead atoms. The zero-order valence-corrected chi connectivity index (χ0v) is 15.8. The van der Waals surface area contributed by atoms with Crippen LogP contribution in [0.2, 0.25) is 10.0 Å². The Kier molecular flexibility index (Phi) is 5.83. The van der Waals surface area contributed by atoms with Gasteiger partial charge in [-0.25, -0.2) is 4.79 Å². The second-order valence-corrected chi connectivity index (χ2v) is 6.46. The molecule has 27 heavy (non-hydrogen) atoms. The standard InChI is InChI=1S/C18H15Cl2N3O4/c1-11(24)17-6-5-13(27-17)9-23-8-12(7-21-23)22-18(25)26-10-14-15(19)3-2-4-16(14)20/h2-8H,9-10H2,1H3,(H,22,25). The molecular formula is C18H15Cl2N3O4. The number of aromatic nitrogens is 2. The van der Waals surface area contributed by atoms with Crippen molar-refractivity contribution in [2.24, 2.45) is 0 Å². The molecule has 0 aliphatic carbocycles. The quantitative estimate of drug-likeness (QED) is 0.593. The highest BCUT2D eigenvalue weighted by atomic mass is 35.5. The third-order valence-electron chi connectivity index (χ3n) is 3.62. The molecule has 140 valence electrons. The average molecular weight is 408 g/mol. The number of nitrogens with one attached hydrogen (secondary N) is 1. The SMILES string of the molecule is CC(=O)c1ccc(Cn2cc(NC(=O)OCc3c(Cl)cccc3Cl)cn2)o1. The van der Waals surface area contributed by atoms with Crippen LogP contribution >= 0.6 is 23.2 Å². The van der Waals surface area contributed by atoms with Crippen LogP contribution in [0.25, 0.3) is 0 Å². The van der Waals surface area contributed by atoms with Crippen LogP contribution in [-0.2, 0) is 17.9 Å². The summed E-state index contributed by atoms with van der Waals surface area (Å²) >= 11 is 12.1. The number of anilines is 1. The number of ketones is 1. The van der Waals surface area contributed by atoms with Gasteiger partial charge in [-0.2, -0.15) is 5.10 Å². The summed E-state index contributed by atoms with van der Waals surface area (Å²) in [5, 5.41) is 7.54. The van der Waals surface area contributed by atoms with E-state index in [4.69, 9.17) is 32.4 Å². The van der Waals surface area contributed by atoms with E-state index in [9.17, 15) is 9.59 Å². The van der Waals surface area contributed by atoms with E-state index in [1.165, 1.54) is 13.1 Å². The van der Waals surface area contributed by atoms with Crippen molar-refractivity contribution in [1.82, 2.24) is 9.78 Å². The lowest BCUT2D eigenvalue weighted by molar-refractivity contribution is 0.0985. The van der Waals surface area contributed by atoms with Gasteiger partial charge in [0.1, 0.15) is 12.4 Å². The highest BCUT2D eigenvalue weighted by Gasteiger charge is 2.11. The van der Waals surface area contributed by atoms with Crippen LogP contribution in [0.3, 0.4) is 0 Å². The van der Waals surface area contributed by atoms with Crippen molar-refractivity contribution in [2.45, 2.75) is 20.1 Å². The first-order valence-electron chi connectivity index (χ1n) is 7.91. The number of nitrogens with zero attached hydrogens (tertiary/aromatic N) is 2. The minimum absolute atomic E-state index is 0.0568. The summed E-state index contributed by atoms with van der Waals surface area (Å²) in [4.78, 5) is 23.2. The highest BCUT2D eigenvalue weighted by molar-refractivity contribution is 6.35. The van der Waals surface area contributed by atoms with Crippen molar-refractivity contribution >= 4 is 40.8 Å². The fourth-order valence-corrected chi connectivity index (χ4v) is 2.79. The third-order valence-corrected chi connectivity index (χ3v) is 4.32. The number of halogens is 2. The van der Waals surface area contributed by atoms with Crippen LogP contribution in [0.4, 0.5) is 10.5 Å². The van der Waals surface area contributed by atoms with Crippen LogP contribution in [0.1, 0.15) is 28.8 Å². The number of amides is 1. The number of hydrogen-bond acceptors (Lipinski definition) is 5. The monoisotopic (exact) mass is 407 g/mol. The molecule has 1 N–H and O–H groups in total. The molecule has 3 aromatic rings. The molecule has 0 saturated heterocycles. The topological polar surface area (TPSA) is 86.4 Å². The van der Waals surface area contributed by atoms with Gasteiger partial charge in [-0.15, -0.1) is 0 Å². The van der Waals surface area contributed by atoms with Crippen LogP contribution in [0, 0.1) is 0 Å². The summed E-state index contributed by atoms with van der Waals surface area (Å²) in [6, 6.07) is 8.35. The molecule has 0 saturated carbocycles. The van der Waals surface area contributed by atoms with E-state index in [-0.39, 0.29) is 18.2 Å². The second kappa shape index (κ2) is 8.28. The number of carbonyl (C=O) groups is 2. The average Bonchev–Trinajstić information content (AvgIpc) is 3.24. The maximum atomic E-state index is 11.9. The van der Waals surface area contributed by atoms with Gasteiger partial charge < -0.3 is 9.15 Å². The van der Waals surface area contributed by atoms with E-state index in [0.29, 0.717) is 33.6 Å². The highest BCUT2D eigenvalue weighted by Crippen LogP contribution is 2.25. The lowest BCUT2D eigenvalue weighted by Crippen LogP contribution is -2.13. The molecule has 0 fully saturated rings. The van der Waals surface area contributed by atoms with Gasteiger partial charge in [0.2, 0.25) is 0 Å². The van der Waals surface area contributed by atoms with Crippen molar-refractivity contribution in [3.63, 3.8) is 0 Å². The molecule has 7 nitrogen and oxygen atoms in total. The van der Waals surface area contributed by atoms with Gasteiger partial charge in [0.05, 0.1) is 18.4 Å². The van der Waals surface area contributed by atoms with E-state index in [2.05, 4.69) is 10.4 Å². The van der Waals surface area contributed by atoms with Gasteiger partial charge in [0.25, 0.3) is 0 Å². The number of furan rings is 1. The maximum Gasteiger partial charge on any atom is 0.412 e. The first-order valence-corrected chi connectivity index (χ1v) is 8.66. The molecule has 2 aromatic heterocycles. The summed E-state index contributed by atoms with van der Waals surface area (Å²) in [6.07, 6.45) is 2.42. The van der Waals surface area contributed by atoms with Gasteiger partial charge >= 0.3 is 6.09 Å². The van der Waals surface area contributed by atoms with E-state index >= 15 is 0 Å². The summed E-state index contributed by atoms with van der Waals surface area (Å²) in [6.45, 7) is 1.69. The number of carbonyl (C=O) groups excluding carboxylic acids is 2. The second-order valence-electron chi connectivity index (χ2n) is 5.65. The number of hydrogen-bond donors (Lipinski definition) is 1. The molecule has 0 atom stereocenters. The maximum absolute atomic E-state index is 11.9. The van der Waals surface area contributed by atoms with Crippen LogP contribution in [0.15, 0.2) is 47.1 Å². The smallest absolute Gasteiger partial charge is 0.412 e. The zero-order valence-electron chi connectivity index (χ0n) is 14.2. The molecule has 1 aromatic carbocycles. The molecule has 2 heterocycles. The number of benzene rings is 1. The van der Waals surface area contributed by atoms with Crippen LogP contribution in [-0.4, -0.2) is 21.7 Å². The predicted molar refractivity (Wildman–Crippen MR) is 100 cm³/mol. The van der Waals surface area contributed by atoms with E-state index < -0.39 is 6.09 Å². The molecular weight excluding hydrogens is 393 g/mol. The van der Waals surface area contributed by atoms with E-state index in [1.807, 2.05) is 0 Å². The third kappa shape index (κ3) is 4.90. The van der Waals surface area contributed by atoms with Crippen molar-refractivity contribution in [2.75, 3.05) is 5.32 Å². The Morgan fingerprint density at radius 1 is 1.22 bits per heavy atom. The largest absolute Gasteiger partial charge is 0.456 e. The molecule has 0 radical (unpaired) electrons. The van der Waals surface area contributed by atoms with Gasteiger partial charge in [0.15, 0.2) is 11.5 Å². The summed E-state index contributed by atoms with van der Waals surface area (Å²) in [7, 11) is 0. The lowest BCUT2D eigenvalue weighted by atomic mass is 10.2. The first-order chi connectivity index (χ1) is 12.9. The van der Waals surface area contributed by atoms with Gasteiger partial charge in [-0.1, -0.05) is 29.3 Å². The zero-order chi connectivity index (χ0) is 19.4.